The van der Waals surface area contributed by atoms with Crippen molar-refractivity contribution in [3.05, 3.63) is 70.9 Å². The van der Waals surface area contributed by atoms with Crippen LogP contribution >= 0.6 is 11.3 Å². The first-order valence-corrected chi connectivity index (χ1v) is 10.4. The molecule has 3 aromatic rings. The van der Waals surface area contributed by atoms with E-state index in [0.717, 1.165) is 41.8 Å². The Hall–Kier alpha value is -2.61. The highest BCUT2D eigenvalue weighted by Crippen LogP contribution is 2.24. The molecule has 5 nitrogen and oxygen atoms in total. The van der Waals surface area contributed by atoms with E-state index < -0.39 is 0 Å². The molecule has 29 heavy (non-hydrogen) atoms. The van der Waals surface area contributed by atoms with Crippen LogP contribution in [0.4, 0.5) is 9.52 Å². The second-order valence-corrected chi connectivity index (χ2v) is 7.63. The van der Waals surface area contributed by atoms with Crippen LogP contribution in [0.1, 0.15) is 24.0 Å². The second kappa shape index (κ2) is 9.73. The maximum Gasteiger partial charge on any atom is 0.203 e. The molecule has 0 radical (unpaired) electrons. The van der Waals surface area contributed by atoms with E-state index in [-0.39, 0.29) is 11.9 Å². The van der Waals surface area contributed by atoms with E-state index in [0.29, 0.717) is 18.3 Å². The number of hydrogen-bond donors (Lipinski definition) is 1. The van der Waals surface area contributed by atoms with Gasteiger partial charge in [0.25, 0.3) is 0 Å². The molecule has 0 aliphatic carbocycles. The minimum atomic E-state index is -0.293. The Morgan fingerprint density at radius 3 is 3.00 bits per heavy atom. The van der Waals surface area contributed by atoms with E-state index >= 15 is 0 Å². The van der Waals surface area contributed by atoms with Crippen LogP contribution in [0.3, 0.4) is 0 Å². The highest BCUT2D eigenvalue weighted by Gasteiger charge is 2.15. The molecule has 0 spiro atoms. The fraction of sp³-hybridized carbons (Fsp3) is 0.273. The summed E-state index contributed by atoms with van der Waals surface area (Å²) in [6.45, 7) is 1.63. The molecule has 1 N–H and O–H groups in total. The summed E-state index contributed by atoms with van der Waals surface area (Å²) in [4.78, 5) is 4.54. The van der Waals surface area contributed by atoms with Crippen LogP contribution in [0.2, 0.25) is 0 Å². The zero-order chi connectivity index (χ0) is 19.9. The van der Waals surface area contributed by atoms with Gasteiger partial charge in [-0.25, -0.2) is 9.37 Å². The van der Waals surface area contributed by atoms with Crippen molar-refractivity contribution in [2.75, 3.05) is 18.6 Å². The standard InChI is InChI=1S/C22H22FN3O2S/c23-19-9-8-17(18(11-19)13-27-14-20-7-4-10-28-20)12-24-26-22-25-21(15-29-22)16-5-2-1-3-6-16/h1-3,5-6,8-9,11-12,15,20H,4,7,10,13-14H2,(H,25,26). The van der Waals surface area contributed by atoms with Gasteiger partial charge < -0.3 is 9.47 Å². The van der Waals surface area contributed by atoms with Crippen molar-refractivity contribution in [1.82, 2.24) is 4.98 Å². The molecular weight excluding hydrogens is 389 g/mol. The Bertz CT molecular complexity index is 956. The molecule has 1 saturated heterocycles. The van der Waals surface area contributed by atoms with Crippen LogP contribution < -0.4 is 5.43 Å². The summed E-state index contributed by atoms with van der Waals surface area (Å²) < 4.78 is 25.0. The van der Waals surface area contributed by atoms with E-state index in [1.807, 2.05) is 35.7 Å². The average molecular weight is 412 g/mol. The minimum Gasteiger partial charge on any atom is -0.376 e. The molecule has 1 unspecified atom stereocenters. The van der Waals surface area contributed by atoms with Crippen LogP contribution in [0, 0.1) is 5.82 Å². The van der Waals surface area contributed by atoms with Crippen molar-refractivity contribution < 1.29 is 13.9 Å². The molecule has 0 saturated carbocycles. The highest BCUT2D eigenvalue weighted by atomic mass is 32.1. The number of halogens is 1. The summed E-state index contributed by atoms with van der Waals surface area (Å²) in [6, 6.07) is 14.6. The summed E-state index contributed by atoms with van der Waals surface area (Å²) >= 11 is 1.48. The van der Waals surface area contributed by atoms with E-state index in [1.54, 1.807) is 12.3 Å². The summed E-state index contributed by atoms with van der Waals surface area (Å²) in [5, 5.41) is 6.94. The first-order valence-electron chi connectivity index (χ1n) is 9.56. The lowest BCUT2D eigenvalue weighted by Gasteiger charge is -2.11. The lowest BCUT2D eigenvalue weighted by Crippen LogP contribution is -2.14. The fourth-order valence-electron chi connectivity index (χ4n) is 3.13. The Balaban J connectivity index is 1.37. The van der Waals surface area contributed by atoms with E-state index in [9.17, 15) is 4.39 Å². The molecule has 1 aliphatic rings. The fourth-order valence-corrected chi connectivity index (χ4v) is 3.79. The molecule has 1 aromatic heterocycles. The molecule has 2 heterocycles. The van der Waals surface area contributed by atoms with Gasteiger partial charge in [-0.1, -0.05) is 36.4 Å². The van der Waals surface area contributed by atoms with Gasteiger partial charge in [-0.2, -0.15) is 5.10 Å². The van der Waals surface area contributed by atoms with Crippen molar-refractivity contribution >= 4 is 22.7 Å². The summed E-state index contributed by atoms with van der Waals surface area (Å²) in [6.07, 6.45) is 3.89. The number of hydrazone groups is 1. The van der Waals surface area contributed by atoms with Crippen molar-refractivity contribution in [1.29, 1.82) is 0 Å². The number of hydrogen-bond acceptors (Lipinski definition) is 6. The van der Waals surface area contributed by atoms with Crippen LogP contribution in [0.25, 0.3) is 11.3 Å². The molecule has 2 aromatic carbocycles. The van der Waals surface area contributed by atoms with Gasteiger partial charge in [0.05, 0.1) is 31.2 Å². The van der Waals surface area contributed by atoms with Crippen molar-refractivity contribution in [3.8, 4) is 11.3 Å². The molecule has 7 heteroatoms. The summed E-state index contributed by atoms with van der Waals surface area (Å²) in [5.74, 6) is -0.293. The van der Waals surface area contributed by atoms with Crippen molar-refractivity contribution in [2.45, 2.75) is 25.6 Å². The third kappa shape index (κ3) is 5.47. The van der Waals surface area contributed by atoms with Gasteiger partial charge in [0, 0.05) is 23.1 Å². The molecule has 0 amide bonds. The monoisotopic (exact) mass is 411 g/mol. The number of benzene rings is 2. The SMILES string of the molecule is Fc1ccc(C=NNc2nc(-c3ccccc3)cs2)c(COCC2CCCO2)c1. The third-order valence-electron chi connectivity index (χ3n) is 4.63. The number of rotatable bonds is 8. The Morgan fingerprint density at radius 1 is 1.28 bits per heavy atom. The first-order chi connectivity index (χ1) is 14.3. The molecule has 1 aliphatic heterocycles. The van der Waals surface area contributed by atoms with Gasteiger partial charge in [-0.3, -0.25) is 5.43 Å². The number of nitrogens with one attached hydrogen (secondary N) is 1. The maximum absolute atomic E-state index is 13.7. The summed E-state index contributed by atoms with van der Waals surface area (Å²) in [5.41, 5.74) is 6.45. The van der Waals surface area contributed by atoms with Crippen LogP contribution in [-0.4, -0.2) is 30.5 Å². The number of ether oxygens (including phenoxy) is 2. The van der Waals surface area contributed by atoms with Gasteiger partial charge >= 0.3 is 0 Å². The number of nitrogens with zero attached hydrogens (tertiary/aromatic N) is 2. The predicted molar refractivity (Wildman–Crippen MR) is 114 cm³/mol. The average Bonchev–Trinajstić information content (AvgIpc) is 3.42. The van der Waals surface area contributed by atoms with E-state index in [1.165, 1.54) is 23.5 Å². The zero-order valence-electron chi connectivity index (χ0n) is 15.9. The van der Waals surface area contributed by atoms with Gasteiger partial charge in [-0.15, -0.1) is 11.3 Å². The normalized spacial score (nSPS) is 16.5. The van der Waals surface area contributed by atoms with Crippen LogP contribution in [-0.2, 0) is 16.1 Å². The van der Waals surface area contributed by atoms with Crippen LogP contribution in [0.5, 0.6) is 0 Å². The minimum absolute atomic E-state index is 0.144. The van der Waals surface area contributed by atoms with Crippen molar-refractivity contribution in [3.63, 3.8) is 0 Å². The summed E-state index contributed by atoms with van der Waals surface area (Å²) in [7, 11) is 0. The molecular formula is C22H22FN3O2S. The maximum atomic E-state index is 13.7. The van der Waals surface area contributed by atoms with Gasteiger partial charge in [0.1, 0.15) is 5.82 Å². The second-order valence-electron chi connectivity index (χ2n) is 6.77. The van der Waals surface area contributed by atoms with Gasteiger partial charge in [0.15, 0.2) is 0 Å². The highest BCUT2D eigenvalue weighted by molar-refractivity contribution is 7.14. The number of thiazole rings is 1. The van der Waals surface area contributed by atoms with Crippen LogP contribution in [0.15, 0.2) is 59.0 Å². The lowest BCUT2D eigenvalue weighted by molar-refractivity contribution is 0.0105. The molecule has 1 fully saturated rings. The third-order valence-corrected chi connectivity index (χ3v) is 5.37. The van der Waals surface area contributed by atoms with E-state index in [4.69, 9.17) is 9.47 Å². The quantitative estimate of drug-likeness (QED) is 0.414. The van der Waals surface area contributed by atoms with E-state index in [2.05, 4.69) is 15.5 Å². The zero-order valence-corrected chi connectivity index (χ0v) is 16.7. The first kappa shape index (κ1) is 19.7. The largest absolute Gasteiger partial charge is 0.376 e. The Morgan fingerprint density at radius 2 is 2.17 bits per heavy atom. The number of anilines is 1. The molecule has 4 rings (SSSR count). The predicted octanol–water partition coefficient (Wildman–Crippen LogP) is 5.09. The van der Waals surface area contributed by atoms with Gasteiger partial charge in [0.2, 0.25) is 5.13 Å². The van der Waals surface area contributed by atoms with Gasteiger partial charge in [-0.05, 0) is 30.5 Å². The molecule has 0 bridgehead atoms. The van der Waals surface area contributed by atoms with Crippen molar-refractivity contribution in [2.24, 2.45) is 5.10 Å². The molecule has 150 valence electrons. The Labute approximate surface area is 173 Å². The lowest BCUT2D eigenvalue weighted by atomic mass is 10.1. The Kier molecular flexibility index (Phi) is 6.61. The topological polar surface area (TPSA) is 55.7 Å². The molecule has 1 atom stereocenters. The number of aromatic nitrogens is 1. The smallest absolute Gasteiger partial charge is 0.203 e.